The molecular formula is C14H19N3O2. The zero-order chi connectivity index (χ0) is 13.5. The molecule has 1 heterocycles. The van der Waals surface area contributed by atoms with Crippen LogP contribution in [0.4, 0.5) is 0 Å². The fourth-order valence-electron chi connectivity index (χ4n) is 1.71. The van der Waals surface area contributed by atoms with Crippen molar-refractivity contribution in [2.24, 2.45) is 0 Å². The summed E-state index contributed by atoms with van der Waals surface area (Å²) in [4.78, 5) is 0. The molecule has 0 aliphatic carbocycles. The van der Waals surface area contributed by atoms with Crippen LogP contribution in [0.15, 0.2) is 36.7 Å². The van der Waals surface area contributed by atoms with E-state index in [9.17, 15) is 0 Å². The van der Waals surface area contributed by atoms with Gasteiger partial charge in [-0.15, -0.1) is 0 Å². The van der Waals surface area contributed by atoms with Gasteiger partial charge in [0.25, 0.3) is 0 Å². The van der Waals surface area contributed by atoms with Crippen molar-refractivity contribution in [3.63, 3.8) is 0 Å². The van der Waals surface area contributed by atoms with E-state index in [2.05, 4.69) is 10.4 Å². The van der Waals surface area contributed by atoms with E-state index in [1.807, 2.05) is 37.5 Å². The van der Waals surface area contributed by atoms with Crippen LogP contribution in [0.2, 0.25) is 0 Å². The first-order valence-corrected chi connectivity index (χ1v) is 6.30. The zero-order valence-corrected chi connectivity index (χ0v) is 11.3. The normalized spacial score (nSPS) is 10.4. The predicted octanol–water partition coefficient (Wildman–Crippen LogP) is 1.87. The summed E-state index contributed by atoms with van der Waals surface area (Å²) in [6.07, 6.45) is 4.56. The first-order valence-electron chi connectivity index (χ1n) is 6.30. The molecule has 1 N–H and O–H groups in total. The highest BCUT2D eigenvalue weighted by atomic mass is 16.5. The van der Waals surface area contributed by atoms with E-state index in [-0.39, 0.29) is 0 Å². The van der Waals surface area contributed by atoms with Gasteiger partial charge in [0.2, 0.25) is 0 Å². The molecule has 0 radical (unpaired) electrons. The molecule has 0 atom stereocenters. The highest BCUT2D eigenvalue weighted by Gasteiger charge is 2.02. The Kier molecular flexibility index (Phi) is 4.80. The van der Waals surface area contributed by atoms with Gasteiger partial charge in [-0.25, -0.2) is 4.68 Å². The molecule has 0 fully saturated rings. The summed E-state index contributed by atoms with van der Waals surface area (Å²) in [5.74, 6) is 1.59. The zero-order valence-electron chi connectivity index (χ0n) is 11.3. The third-order valence-corrected chi connectivity index (χ3v) is 2.72. The van der Waals surface area contributed by atoms with Crippen molar-refractivity contribution in [2.75, 3.05) is 27.3 Å². The number of hydrogen-bond donors (Lipinski definition) is 1. The van der Waals surface area contributed by atoms with Crippen LogP contribution in [-0.2, 0) is 0 Å². The Morgan fingerprint density at radius 2 is 2.21 bits per heavy atom. The number of nitrogens with zero attached hydrogens (tertiary/aromatic N) is 2. The van der Waals surface area contributed by atoms with E-state index in [0.29, 0.717) is 6.61 Å². The van der Waals surface area contributed by atoms with Crippen molar-refractivity contribution in [3.05, 3.63) is 36.7 Å². The summed E-state index contributed by atoms with van der Waals surface area (Å²) in [5, 5.41) is 7.36. The third-order valence-electron chi connectivity index (χ3n) is 2.72. The number of aromatic nitrogens is 2. The van der Waals surface area contributed by atoms with Crippen LogP contribution >= 0.6 is 0 Å². The molecule has 0 aliphatic heterocycles. The summed E-state index contributed by atoms with van der Waals surface area (Å²) in [6.45, 7) is 1.63. The van der Waals surface area contributed by atoms with Gasteiger partial charge >= 0.3 is 0 Å². The summed E-state index contributed by atoms with van der Waals surface area (Å²) in [5.41, 5.74) is 0.949. The van der Waals surface area contributed by atoms with Gasteiger partial charge in [-0.05, 0) is 32.1 Å². The van der Waals surface area contributed by atoms with Crippen LogP contribution < -0.4 is 14.8 Å². The number of ether oxygens (including phenoxy) is 2. The Labute approximate surface area is 113 Å². The van der Waals surface area contributed by atoms with E-state index < -0.39 is 0 Å². The van der Waals surface area contributed by atoms with E-state index in [0.717, 1.165) is 30.2 Å². The second-order valence-corrected chi connectivity index (χ2v) is 4.13. The summed E-state index contributed by atoms with van der Waals surface area (Å²) < 4.78 is 12.6. The Bertz CT molecular complexity index is 511. The lowest BCUT2D eigenvalue weighted by Gasteiger charge is -2.04. The molecule has 0 saturated heterocycles. The van der Waals surface area contributed by atoms with E-state index in [1.165, 1.54) is 0 Å². The highest BCUT2D eigenvalue weighted by Crippen LogP contribution is 2.18. The lowest BCUT2D eigenvalue weighted by molar-refractivity contribution is 0.309. The SMILES string of the molecule is CNCCCOc1cnn(-c2cccc(OC)c2)c1. The van der Waals surface area contributed by atoms with E-state index in [1.54, 1.807) is 18.0 Å². The third kappa shape index (κ3) is 3.72. The topological polar surface area (TPSA) is 48.3 Å². The molecule has 0 aliphatic rings. The molecule has 0 spiro atoms. The van der Waals surface area contributed by atoms with Gasteiger partial charge in [-0.2, -0.15) is 5.10 Å². The van der Waals surface area contributed by atoms with Crippen LogP contribution in [0, 0.1) is 0 Å². The molecule has 2 rings (SSSR count). The van der Waals surface area contributed by atoms with Crippen molar-refractivity contribution >= 4 is 0 Å². The molecule has 5 nitrogen and oxygen atoms in total. The quantitative estimate of drug-likeness (QED) is 0.773. The standard InChI is InChI=1S/C14H19N3O2/c1-15-7-4-8-19-14-10-16-17(11-14)12-5-3-6-13(9-12)18-2/h3,5-6,9-11,15H,4,7-8H2,1-2H3. The van der Waals surface area contributed by atoms with E-state index >= 15 is 0 Å². The summed E-state index contributed by atoms with van der Waals surface area (Å²) in [6, 6.07) is 7.74. The van der Waals surface area contributed by atoms with Crippen LogP contribution in [0.5, 0.6) is 11.5 Å². The van der Waals surface area contributed by atoms with Gasteiger partial charge in [0.15, 0.2) is 5.75 Å². The number of rotatable bonds is 7. The van der Waals surface area contributed by atoms with E-state index in [4.69, 9.17) is 9.47 Å². The molecule has 0 bridgehead atoms. The predicted molar refractivity (Wildman–Crippen MR) is 74.2 cm³/mol. The van der Waals surface area contributed by atoms with Gasteiger partial charge in [0.1, 0.15) is 5.75 Å². The maximum atomic E-state index is 5.61. The van der Waals surface area contributed by atoms with Crippen molar-refractivity contribution in [1.82, 2.24) is 15.1 Å². The van der Waals surface area contributed by atoms with Crippen LogP contribution in [-0.4, -0.2) is 37.1 Å². The van der Waals surface area contributed by atoms with Crippen LogP contribution in [0.25, 0.3) is 5.69 Å². The van der Waals surface area contributed by atoms with Gasteiger partial charge in [0, 0.05) is 6.07 Å². The lowest BCUT2D eigenvalue weighted by Crippen LogP contribution is -2.11. The number of nitrogens with one attached hydrogen (secondary N) is 1. The van der Waals surface area contributed by atoms with Crippen molar-refractivity contribution in [3.8, 4) is 17.2 Å². The Morgan fingerprint density at radius 3 is 3.00 bits per heavy atom. The van der Waals surface area contributed by atoms with Gasteiger partial charge in [-0.3, -0.25) is 0 Å². The minimum atomic E-state index is 0.685. The second-order valence-electron chi connectivity index (χ2n) is 4.13. The molecule has 1 aromatic heterocycles. The Balaban J connectivity index is 1.99. The number of benzene rings is 1. The minimum absolute atomic E-state index is 0.685. The van der Waals surface area contributed by atoms with Gasteiger partial charge in [-0.1, -0.05) is 6.07 Å². The maximum Gasteiger partial charge on any atom is 0.157 e. The Morgan fingerprint density at radius 1 is 1.32 bits per heavy atom. The molecule has 0 saturated carbocycles. The molecule has 0 amide bonds. The molecule has 2 aromatic rings. The number of hydrogen-bond acceptors (Lipinski definition) is 4. The largest absolute Gasteiger partial charge is 0.497 e. The van der Waals surface area contributed by atoms with Gasteiger partial charge < -0.3 is 14.8 Å². The number of methoxy groups -OCH3 is 1. The summed E-state index contributed by atoms with van der Waals surface area (Å²) in [7, 11) is 3.58. The van der Waals surface area contributed by atoms with Crippen molar-refractivity contribution in [1.29, 1.82) is 0 Å². The molecular weight excluding hydrogens is 242 g/mol. The molecule has 5 heteroatoms. The second kappa shape index (κ2) is 6.80. The van der Waals surface area contributed by atoms with Crippen molar-refractivity contribution in [2.45, 2.75) is 6.42 Å². The first-order chi connectivity index (χ1) is 9.33. The molecule has 102 valence electrons. The maximum absolute atomic E-state index is 5.61. The first kappa shape index (κ1) is 13.4. The van der Waals surface area contributed by atoms with Crippen LogP contribution in [0.3, 0.4) is 0 Å². The summed E-state index contributed by atoms with van der Waals surface area (Å²) >= 11 is 0. The highest BCUT2D eigenvalue weighted by molar-refractivity contribution is 5.39. The average Bonchev–Trinajstić information content (AvgIpc) is 2.92. The minimum Gasteiger partial charge on any atom is -0.497 e. The smallest absolute Gasteiger partial charge is 0.157 e. The fourth-order valence-corrected chi connectivity index (χ4v) is 1.71. The molecule has 0 unspecified atom stereocenters. The lowest BCUT2D eigenvalue weighted by atomic mass is 10.3. The monoisotopic (exact) mass is 261 g/mol. The van der Waals surface area contributed by atoms with Crippen LogP contribution in [0.1, 0.15) is 6.42 Å². The van der Waals surface area contributed by atoms with Gasteiger partial charge in [0.05, 0.1) is 31.8 Å². The molecule has 19 heavy (non-hydrogen) atoms. The fraction of sp³-hybridized carbons (Fsp3) is 0.357. The van der Waals surface area contributed by atoms with Crippen molar-refractivity contribution < 1.29 is 9.47 Å². The Hall–Kier alpha value is -2.01. The molecule has 1 aromatic carbocycles. The average molecular weight is 261 g/mol.